The molecule has 1 saturated heterocycles. The van der Waals surface area contributed by atoms with E-state index in [4.69, 9.17) is 9.47 Å². The number of sulfone groups is 1. The number of benzene rings is 1. The maximum absolute atomic E-state index is 13.1. The lowest BCUT2D eigenvalue weighted by Crippen LogP contribution is -2.36. The maximum atomic E-state index is 13.1. The molecule has 2 rings (SSSR count). The molecule has 0 aliphatic carbocycles. The second kappa shape index (κ2) is 9.96. The third-order valence-corrected chi connectivity index (χ3v) is 6.74. The Bertz CT molecular complexity index is 856. The fourth-order valence-electron chi connectivity index (χ4n) is 2.81. The monoisotopic (exact) mass is 421 g/mol. The molecule has 0 spiro atoms. The van der Waals surface area contributed by atoms with Gasteiger partial charge in [0.05, 0.1) is 17.0 Å². The fraction of sp³-hybridized carbons (Fsp3) is 0.500. The first kappa shape index (κ1) is 23.0. The number of unbranched alkanes of at least 4 members (excludes halogenated alkanes) is 3. The van der Waals surface area contributed by atoms with Gasteiger partial charge in [0.25, 0.3) is 0 Å². The molecule has 0 aromatic heterocycles. The van der Waals surface area contributed by atoms with E-state index < -0.39 is 20.7 Å². The predicted octanol–water partition coefficient (Wildman–Crippen LogP) is 4.05. The second-order valence-corrected chi connectivity index (χ2v) is 9.63. The highest BCUT2D eigenvalue weighted by molar-refractivity contribution is 7.96. The summed E-state index contributed by atoms with van der Waals surface area (Å²) in [6, 6.07) is 7.89. The number of nitrogens with zero attached hydrogens (tertiary/aromatic N) is 1. The van der Waals surface area contributed by atoms with Gasteiger partial charge in [-0.25, -0.2) is 13.2 Å². The molecule has 1 aromatic carbocycles. The van der Waals surface area contributed by atoms with Crippen molar-refractivity contribution in [3.8, 4) is 0 Å². The molecule has 0 unspecified atom stereocenters. The van der Waals surface area contributed by atoms with Gasteiger partial charge in [0.1, 0.15) is 6.61 Å². The number of carbonyl (C=O) groups excluding carboxylic acids is 1. The standard InChI is InChI=1S/C22H31NO5S/c1-5-6-7-11-16-27-21(24)19(29(25,26)18-12-9-8-10-13-18)14-15-20-23(4)22(2,3)17-28-20/h8-10,12-15H,5-7,11,16-17H2,1-4H3. The number of likely N-dealkylation sites (N-methyl/N-ethyl adjacent to an activating group) is 1. The largest absolute Gasteiger partial charge is 0.477 e. The van der Waals surface area contributed by atoms with Crippen molar-refractivity contribution in [1.29, 1.82) is 0 Å². The smallest absolute Gasteiger partial charge is 0.350 e. The molecule has 1 aliphatic rings. The summed E-state index contributed by atoms with van der Waals surface area (Å²) >= 11 is 0. The van der Waals surface area contributed by atoms with E-state index in [1.54, 1.807) is 18.2 Å². The van der Waals surface area contributed by atoms with E-state index in [9.17, 15) is 13.2 Å². The molecule has 160 valence electrons. The molecule has 7 heteroatoms. The Morgan fingerprint density at radius 2 is 1.90 bits per heavy atom. The van der Waals surface area contributed by atoms with E-state index >= 15 is 0 Å². The van der Waals surface area contributed by atoms with Crippen LogP contribution in [0.25, 0.3) is 0 Å². The van der Waals surface area contributed by atoms with Crippen LogP contribution < -0.4 is 0 Å². The van der Waals surface area contributed by atoms with Crippen LogP contribution in [0.4, 0.5) is 0 Å². The normalized spacial score (nSPS) is 18.0. The van der Waals surface area contributed by atoms with Crippen LogP contribution >= 0.6 is 0 Å². The fourth-order valence-corrected chi connectivity index (χ4v) is 4.10. The zero-order chi connectivity index (χ0) is 21.5. The highest BCUT2D eigenvalue weighted by Crippen LogP contribution is 2.28. The number of rotatable bonds is 9. The number of ether oxygens (including phenoxy) is 2. The van der Waals surface area contributed by atoms with Crippen LogP contribution in [0.15, 0.2) is 58.2 Å². The van der Waals surface area contributed by atoms with Crippen molar-refractivity contribution >= 4 is 15.8 Å². The van der Waals surface area contributed by atoms with Crippen molar-refractivity contribution in [2.45, 2.75) is 56.9 Å². The van der Waals surface area contributed by atoms with Crippen LogP contribution in [0.5, 0.6) is 0 Å². The Morgan fingerprint density at radius 3 is 2.48 bits per heavy atom. The number of hydrogen-bond acceptors (Lipinski definition) is 6. The summed E-state index contributed by atoms with van der Waals surface area (Å²) < 4.78 is 37.1. The zero-order valence-electron chi connectivity index (χ0n) is 17.7. The molecular weight excluding hydrogens is 390 g/mol. The van der Waals surface area contributed by atoms with Crippen LogP contribution in [0.3, 0.4) is 0 Å². The SMILES string of the molecule is CCCCCCOC(=O)C(=CC=C1OCC(C)(C)N1C)S(=O)(=O)c1ccccc1. The van der Waals surface area contributed by atoms with Crippen molar-refractivity contribution in [1.82, 2.24) is 4.90 Å². The minimum Gasteiger partial charge on any atom is -0.477 e. The number of allylic oxidation sites excluding steroid dienone is 2. The van der Waals surface area contributed by atoms with E-state index in [0.717, 1.165) is 19.3 Å². The molecular formula is C22H31NO5S. The van der Waals surface area contributed by atoms with Gasteiger partial charge in [-0.1, -0.05) is 44.4 Å². The quantitative estimate of drug-likeness (QED) is 0.340. The van der Waals surface area contributed by atoms with Gasteiger partial charge in [-0.05, 0) is 44.6 Å². The van der Waals surface area contributed by atoms with Crippen molar-refractivity contribution in [2.24, 2.45) is 0 Å². The lowest BCUT2D eigenvalue weighted by molar-refractivity contribution is -0.138. The van der Waals surface area contributed by atoms with Crippen molar-refractivity contribution in [2.75, 3.05) is 20.3 Å². The number of carbonyl (C=O) groups is 1. The molecule has 0 N–H and O–H groups in total. The highest BCUT2D eigenvalue weighted by Gasteiger charge is 2.34. The number of esters is 1. The molecule has 1 heterocycles. The Labute approximate surface area is 174 Å². The van der Waals surface area contributed by atoms with Gasteiger partial charge in [-0.2, -0.15) is 0 Å². The van der Waals surface area contributed by atoms with Crippen LogP contribution in [0.1, 0.15) is 46.5 Å². The van der Waals surface area contributed by atoms with Gasteiger partial charge in [-0.3, -0.25) is 0 Å². The first-order valence-electron chi connectivity index (χ1n) is 9.96. The van der Waals surface area contributed by atoms with Crippen LogP contribution in [0.2, 0.25) is 0 Å². The van der Waals surface area contributed by atoms with Crippen molar-refractivity contribution in [3.05, 3.63) is 53.3 Å². The molecule has 0 atom stereocenters. The zero-order valence-corrected chi connectivity index (χ0v) is 18.5. The van der Waals surface area contributed by atoms with E-state index in [-0.39, 0.29) is 17.0 Å². The molecule has 29 heavy (non-hydrogen) atoms. The Kier molecular flexibility index (Phi) is 7.90. The summed E-state index contributed by atoms with van der Waals surface area (Å²) in [6.45, 7) is 6.80. The van der Waals surface area contributed by atoms with E-state index in [2.05, 4.69) is 6.92 Å². The van der Waals surface area contributed by atoms with Crippen LogP contribution in [-0.4, -0.2) is 45.1 Å². The number of hydrogen-bond donors (Lipinski definition) is 0. The summed E-state index contributed by atoms with van der Waals surface area (Å²) in [5.74, 6) is -0.339. The topological polar surface area (TPSA) is 72.9 Å². The molecule has 1 aromatic rings. The average molecular weight is 422 g/mol. The molecule has 1 aliphatic heterocycles. The Balaban J connectivity index is 2.30. The van der Waals surface area contributed by atoms with E-state index in [1.165, 1.54) is 24.3 Å². The summed E-state index contributed by atoms with van der Waals surface area (Å²) in [6.07, 6.45) is 6.56. The molecule has 0 bridgehead atoms. The lowest BCUT2D eigenvalue weighted by Gasteiger charge is -2.25. The van der Waals surface area contributed by atoms with E-state index in [0.29, 0.717) is 18.9 Å². The summed E-state index contributed by atoms with van der Waals surface area (Å²) in [4.78, 5) is 14.2. The highest BCUT2D eigenvalue weighted by atomic mass is 32.2. The van der Waals surface area contributed by atoms with Crippen molar-refractivity contribution < 1.29 is 22.7 Å². The third kappa shape index (κ3) is 5.85. The van der Waals surface area contributed by atoms with Crippen LogP contribution in [-0.2, 0) is 24.1 Å². The van der Waals surface area contributed by atoms with Gasteiger partial charge in [0, 0.05) is 7.05 Å². The second-order valence-electron chi connectivity index (χ2n) is 7.71. The van der Waals surface area contributed by atoms with Gasteiger partial charge >= 0.3 is 5.97 Å². The van der Waals surface area contributed by atoms with Gasteiger partial charge in [0.15, 0.2) is 10.8 Å². The van der Waals surface area contributed by atoms with Gasteiger partial charge in [0.2, 0.25) is 9.84 Å². The third-order valence-electron chi connectivity index (χ3n) is 4.96. The average Bonchev–Trinajstić information content (AvgIpc) is 2.95. The minimum absolute atomic E-state index is 0.0496. The molecule has 0 radical (unpaired) electrons. The van der Waals surface area contributed by atoms with Crippen molar-refractivity contribution in [3.63, 3.8) is 0 Å². The first-order valence-corrected chi connectivity index (χ1v) is 11.4. The lowest BCUT2D eigenvalue weighted by atomic mass is 10.1. The Morgan fingerprint density at radius 1 is 1.21 bits per heavy atom. The molecule has 6 nitrogen and oxygen atoms in total. The minimum atomic E-state index is -4.02. The maximum Gasteiger partial charge on any atom is 0.350 e. The predicted molar refractivity (Wildman–Crippen MR) is 113 cm³/mol. The van der Waals surface area contributed by atoms with Crippen LogP contribution in [0, 0.1) is 0 Å². The van der Waals surface area contributed by atoms with Gasteiger partial charge < -0.3 is 14.4 Å². The molecule has 0 amide bonds. The first-order chi connectivity index (χ1) is 13.7. The van der Waals surface area contributed by atoms with E-state index in [1.807, 2.05) is 25.8 Å². The summed E-state index contributed by atoms with van der Waals surface area (Å²) in [5, 5.41) is 0. The molecule has 1 fully saturated rings. The summed E-state index contributed by atoms with van der Waals surface area (Å²) in [7, 11) is -2.15. The Hall–Kier alpha value is -2.28. The molecule has 0 saturated carbocycles. The summed E-state index contributed by atoms with van der Waals surface area (Å²) in [5.41, 5.74) is -0.210. The van der Waals surface area contributed by atoms with Gasteiger partial charge in [-0.15, -0.1) is 0 Å².